The third kappa shape index (κ3) is 3.73. The summed E-state index contributed by atoms with van der Waals surface area (Å²) < 4.78 is 16.6. The lowest BCUT2D eigenvalue weighted by Crippen LogP contribution is -2.56. The number of phenolic OH excluding ortho intramolecular Hbond substituents is 4. The van der Waals surface area contributed by atoms with Gasteiger partial charge in [-0.05, 0) is 17.7 Å². The maximum Gasteiger partial charge on any atom is 0.203 e. The Balaban J connectivity index is 1.74. The third-order valence-corrected chi connectivity index (χ3v) is 5.16. The number of fused-ring (bicyclic) bond motifs is 1. The van der Waals surface area contributed by atoms with Gasteiger partial charge in [-0.3, -0.25) is 4.79 Å². The van der Waals surface area contributed by atoms with Crippen molar-refractivity contribution in [2.45, 2.75) is 36.8 Å². The number of Topliss-reactive ketones (excluding diaryl/α,β-unsaturated/α-hetero) is 1. The molecule has 0 unspecified atom stereocenters. The Morgan fingerprint density at radius 2 is 1.65 bits per heavy atom. The lowest BCUT2D eigenvalue weighted by atomic mass is 9.92. The molecule has 0 spiro atoms. The first kappa shape index (κ1) is 21.2. The lowest BCUT2D eigenvalue weighted by molar-refractivity contribution is -0.283. The van der Waals surface area contributed by atoms with Gasteiger partial charge in [0.05, 0.1) is 6.61 Å². The van der Waals surface area contributed by atoms with Crippen molar-refractivity contribution in [1.82, 2.24) is 0 Å². The minimum atomic E-state index is -1.69. The molecule has 31 heavy (non-hydrogen) atoms. The second-order valence-corrected chi connectivity index (χ2v) is 7.30. The van der Waals surface area contributed by atoms with Gasteiger partial charge in [-0.1, -0.05) is 6.07 Å². The predicted octanol–water partition coefficient (Wildman–Crippen LogP) is -0.350. The largest absolute Gasteiger partial charge is 0.508 e. The molecular formula is C20H20O11. The number of carbonyl (C=O) groups excluding carboxylic acids is 1. The number of aromatic hydroxyl groups is 4. The third-order valence-electron chi connectivity index (χ3n) is 5.16. The molecule has 2 aromatic carbocycles. The number of benzene rings is 2. The van der Waals surface area contributed by atoms with Crippen LogP contribution in [0.4, 0.5) is 0 Å². The topological polar surface area (TPSA) is 186 Å². The average Bonchev–Trinajstić information content (AvgIpc) is 2.71. The van der Waals surface area contributed by atoms with Gasteiger partial charge in [0.15, 0.2) is 30.0 Å². The van der Waals surface area contributed by atoms with Gasteiger partial charge >= 0.3 is 0 Å². The second kappa shape index (κ2) is 7.87. The van der Waals surface area contributed by atoms with Crippen LogP contribution in [0.3, 0.4) is 0 Å². The van der Waals surface area contributed by atoms with Gasteiger partial charge in [0, 0.05) is 12.1 Å². The predicted molar refractivity (Wildman–Crippen MR) is 99.9 cm³/mol. The van der Waals surface area contributed by atoms with E-state index in [9.17, 15) is 40.5 Å². The molecule has 0 amide bonds. The van der Waals surface area contributed by atoms with Gasteiger partial charge in [-0.25, -0.2) is 0 Å². The Hall–Kier alpha value is -3.09. The first-order valence-corrected chi connectivity index (χ1v) is 9.27. The molecule has 6 atom stereocenters. The van der Waals surface area contributed by atoms with Crippen molar-refractivity contribution >= 4 is 5.78 Å². The van der Waals surface area contributed by atoms with E-state index in [1.54, 1.807) is 0 Å². The van der Waals surface area contributed by atoms with Crippen molar-refractivity contribution in [2.24, 2.45) is 0 Å². The molecule has 166 valence electrons. The van der Waals surface area contributed by atoms with Crippen LogP contribution in [0.5, 0.6) is 28.7 Å². The number of ketones is 1. The Morgan fingerprint density at radius 1 is 0.903 bits per heavy atom. The van der Waals surface area contributed by atoms with E-state index in [-0.39, 0.29) is 29.2 Å². The summed E-state index contributed by atoms with van der Waals surface area (Å²) in [5, 5.41) is 69.0. The van der Waals surface area contributed by atoms with Crippen molar-refractivity contribution in [3.63, 3.8) is 0 Å². The quantitative estimate of drug-likeness (QED) is 0.312. The van der Waals surface area contributed by atoms with Crippen LogP contribution in [0.25, 0.3) is 0 Å². The summed E-state index contributed by atoms with van der Waals surface area (Å²) in [6, 6.07) is 5.71. The second-order valence-electron chi connectivity index (χ2n) is 7.30. The molecule has 1 fully saturated rings. The Bertz CT molecular complexity index is 1010. The Kier molecular flexibility index (Phi) is 5.37. The highest BCUT2D eigenvalue weighted by atomic mass is 16.7. The standard InChI is InChI=1S/C20H20O11/c21-8-4-11(24)14-13(5-8)30-18(7-1-2-9(22)10(23)3-7)19(16(14)27)31-20-17(28)15(26)12(25)6-29-20/h1-5,12,15,17-26,28H,6H2/t12-,15-,17-,18+,19-,20+/m0/s1. The number of hydrogen-bond donors (Lipinski definition) is 7. The molecule has 2 heterocycles. The maximum absolute atomic E-state index is 13.2. The molecule has 0 aromatic heterocycles. The van der Waals surface area contributed by atoms with Gasteiger partial charge < -0.3 is 50.0 Å². The summed E-state index contributed by atoms with van der Waals surface area (Å²) in [7, 11) is 0. The van der Waals surface area contributed by atoms with Crippen molar-refractivity contribution < 1.29 is 54.8 Å². The van der Waals surface area contributed by atoms with E-state index in [4.69, 9.17) is 14.2 Å². The molecular weight excluding hydrogens is 416 g/mol. The van der Waals surface area contributed by atoms with E-state index >= 15 is 0 Å². The Morgan fingerprint density at radius 3 is 2.35 bits per heavy atom. The number of rotatable bonds is 3. The molecule has 1 saturated heterocycles. The van der Waals surface area contributed by atoms with Gasteiger partial charge in [-0.2, -0.15) is 0 Å². The number of aliphatic hydroxyl groups excluding tert-OH is 3. The molecule has 2 aliphatic rings. The molecule has 0 bridgehead atoms. The van der Waals surface area contributed by atoms with Gasteiger partial charge in [0.1, 0.15) is 41.1 Å². The smallest absolute Gasteiger partial charge is 0.203 e. The van der Waals surface area contributed by atoms with E-state index in [2.05, 4.69) is 0 Å². The zero-order valence-corrected chi connectivity index (χ0v) is 15.8. The van der Waals surface area contributed by atoms with Crippen molar-refractivity contribution in [1.29, 1.82) is 0 Å². The van der Waals surface area contributed by atoms with Crippen molar-refractivity contribution in [3.05, 3.63) is 41.5 Å². The summed E-state index contributed by atoms with van der Waals surface area (Å²) >= 11 is 0. The van der Waals surface area contributed by atoms with Crippen LogP contribution >= 0.6 is 0 Å². The summed E-state index contributed by atoms with van der Waals surface area (Å²) in [5.41, 5.74) is -0.0963. The van der Waals surface area contributed by atoms with E-state index in [0.29, 0.717) is 0 Å². The van der Waals surface area contributed by atoms with Crippen molar-refractivity contribution in [3.8, 4) is 28.7 Å². The fraction of sp³-hybridized carbons (Fsp3) is 0.350. The van der Waals surface area contributed by atoms with Gasteiger partial charge in [0.25, 0.3) is 0 Å². The van der Waals surface area contributed by atoms with E-state index in [1.807, 2.05) is 0 Å². The number of ether oxygens (including phenoxy) is 3. The zero-order chi connectivity index (χ0) is 22.4. The fourth-order valence-electron chi connectivity index (χ4n) is 3.54. The monoisotopic (exact) mass is 436 g/mol. The summed E-state index contributed by atoms with van der Waals surface area (Å²) in [6.07, 6.45) is -8.95. The highest BCUT2D eigenvalue weighted by molar-refractivity contribution is 6.05. The molecule has 2 aliphatic heterocycles. The molecule has 11 heteroatoms. The van der Waals surface area contributed by atoms with E-state index in [1.165, 1.54) is 6.07 Å². The molecule has 0 saturated carbocycles. The molecule has 4 rings (SSSR count). The van der Waals surface area contributed by atoms with Crippen LogP contribution in [0.1, 0.15) is 22.0 Å². The van der Waals surface area contributed by atoms with Crippen LogP contribution in [0.2, 0.25) is 0 Å². The lowest BCUT2D eigenvalue weighted by Gasteiger charge is -2.39. The van der Waals surface area contributed by atoms with E-state index < -0.39 is 59.8 Å². The SMILES string of the molecule is O=C1c2c(O)cc(O)cc2O[C@H](c2ccc(O)c(O)c2)[C@H]1O[C@H]1OC[C@H](O)[C@H](O)[C@@H]1O. The minimum Gasteiger partial charge on any atom is -0.508 e. The van der Waals surface area contributed by atoms with Gasteiger partial charge in [-0.15, -0.1) is 0 Å². The first-order chi connectivity index (χ1) is 14.7. The summed E-state index contributed by atoms with van der Waals surface area (Å²) in [5.74, 6) is -2.78. The highest BCUT2D eigenvalue weighted by Gasteiger charge is 2.46. The van der Waals surface area contributed by atoms with Gasteiger partial charge in [0.2, 0.25) is 5.78 Å². The zero-order valence-electron chi connectivity index (χ0n) is 15.8. The minimum absolute atomic E-state index is 0.152. The van der Waals surface area contributed by atoms with Crippen LogP contribution in [-0.4, -0.2) is 78.8 Å². The number of aliphatic hydroxyl groups is 3. The van der Waals surface area contributed by atoms with E-state index in [0.717, 1.165) is 24.3 Å². The molecule has 7 N–H and O–H groups in total. The normalized spacial score (nSPS) is 30.5. The first-order valence-electron chi connectivity index (χ1n) is 9.27. The molecule has 0 radical (unpaired) electrons. The molecule has 0 aliphatic carbocycles. The average molecular weight is 436 g/mol. The highest BCUT2D eigenvalue weighted by Crippen LogP contribution is 2.44. The van der Waals surface area contributed by atoms with Crippen LogP contribution < -0.4 is 4.74 Å². The number of carbonyl (C=O) groups is 1. The van der Waals surface area contributed by atoms with Crippen LogP contribution in [0.15, 0.2) is 30.3 Å². The number of phenols is 4. The summed E-state index contributed by atoms with van der Waals surface area (Å²) in [4.78, 5) is 13.2. The summed E-state index contributed by atoms with van der Waals surface area (Å²) in [6.45, 7) is -0.370. The van der Waals surface area contributed by atoms with Crippen LogP contribution in [-0.2, 0) is 9.47 Å². The van der Waals surface area contributed by atoms with Crippen molar-refractivity contribution in [2.75, 3.05) is 6.61 Å². The Labute approximate surface area is 174 Å². The fourth-order valence-corrected chi connectivity index (χ4v) is 3.54. The molecule has 2 aromatic rings. The number of hydrogen-bond acceptors (Lipinski definition) is 11. The molecule has 11 nitrogen and oxygen atoms in total. The van der Waals surface area contributed by atoms with Crippen LogP contribution in [0, 0.1) is 0 Å². The maximum atomic E-state index is 13.2.